The summed E-state index contributed by atoms with van der Waals surface area (Å²) in [7, 11) is 0. The summed E-state index contributed by atoms with van der Waals surface area (Å²) >= 11 is 0. The lowest BCUT2D eigenvalue weighted by Crippen LogP contribution is -2.14. The topological polar surface area (TPSA) is 80.7 Å². The zero-order valence-electron chi connectivity index (χ0n) is 12.2. The Bertz CT molecular complexity index is 852. The number of rotatable bonds is 4. The van der Waals surface area contributed by atoms with Crippen LogP contribution in [0.2, 0.25) is 0 Å². The Morgan fingerprint density at radius 1 is 0.913 bits per heavy atom. The molecule has 112 valence electrons. The maximum absolute atomic E-state index is 4.21. The maximum Gasteiger partial charge on any atom is 0.162 e. The Kier molecular flexibility index (Phi) is 3.44. The largest absolute Gasteiger partial charge is 0.197 e. The number of hydrogen-bond donors (Lipinski definition) is 0. The third-order valence-electron chi connectivity index (χ3n) is 3.65. The lowest BCUT2D eigenvalue weighted by Gasteiger charge is -2.09. The fourth-order valence-electron chi connectivity index (χ4n) is 2.53. The molecule has 2 heterocycles. The molecular formula is C16H13N7. The van der Waals surface area contributed by atoms with Crippen molar-refractivity contribution in [3.8, 4) is 5.69 Å². The first-order valence-corrected chi connectivity index (χ1v) is 7.26. The molecule has 0 saturated carbocycles. The number of benzene rings is 2. The fourth-order valence-corrected chi connectivity index (χ4v) is 2.53. The zero-order chi connectivity index (χ0) is 15.5. The Hall–Kier alpha value is -3.22. The van der Waals surface area contributed by atoms with Crippen LogP contribution >= 0.6 is 0 Å². The van der Waals surface area contributed by atoms with Crippen LogP contribution in [0.5, 0.6) is 0 Å². The number of tetrazole rings is 1. The monoisotopic (exact) mass is 303 g/mol. The zero-order valence-corrected chi connectivity index (χ0v) is 12.2. The summed E-state index contributed by atoms with van der Waals surface area (Å²) in [4.78, 5) is 0. The van der Waals surface area contributed by atoms with E-state index in [2.05, 4.69) is 31.0 Å². The first kappa shape index (κ1) is 13.4. The van der Waals surface area contributed by atoms with E-state index < -0.39 is 0 Å². The minimum atomic E-state index is -0.169. The van der Waals surface area contributed by atoms with Crippen LogP contribution in [0, 0.1) is 0 Å². The average Bonchev–Trinajstić information content (AvgIpc) is 3.26. The van der Waals surface area contributed by atoms with Gasteiger partial charge in [-0.25, -0.2) is 0 Å². The van der Waals surface area contributed by atoms with Crippen LogP contribution in [0.25, 0.3) is 5.69 Å². The molecule has 0 bridgehead atoms. The van der Waals surface area contributed by atoms with Crippen molar-refractivity contribution in [2.24, 2.45) is 15.4 Å². The van der Waals surface area contributed by atoms with Gasteiger partial charge in [-0.1, -0.05) is 48.5 Å². The van der Waals surface area contributed by atoms with Gasteiger partial charge in [0.25, 0.3) is 0 Å². The molecule has 7 heteroatoms. The molecule has 1 unspecified atom stereocenters. The van der Waals surface area contributed by atoms with Gasteiger partial charge < -0.3 is 0 Å². The normalized spacial score (nSPS) is 16.5. The van der Waals surface area contributed by atoms with E-state index in [-0.39, 0.29) is 6.04 Å². The highest BCUT2D eigenvalue weighted by molar-refractivity contribution is 5.92. The molecule has 1 aliphatic heterocycles. The van der Waals surface area contributed by atoms with Crippen LogP contribution in [-0.2, 0) is 6.42 Å². The Morgan fingerprint density at radius 3 is 2.43 bits per heavy atom. The molecule has 0 amide bonds. The molecule has 1 aliphatic rings. The van der Waals surface area contributed by atoms with Gasteiger partial charge in [-0.2, -0.15) is 9.80 Å². The summed E-state index contributed by atoms with van der Waals surface area (Å²) in [6.45, 7) is 0. The lowest BCUT2D eigenvalue weighted by atomic mass is 10.0. The summed E-state index contributed by atoms with van der Waals surface area (Å²) in [5.74, 6) is 0.711. The molecule has 0 fully saturated rings. The van der Waals surface area contributed by atoms with E-state index >= 15 is 0 Å². The van der Waals surface area contributed by atoms with Gasteiger partial charge in [0.1, 0.15) is 6.04 Å². The number of nitrogens with zero attached hydrogens (tertiary/aromatic N) is 7. The minimum Gasteiger partial charge on any atom is -0.197 e. The fraction of sp³-hybridized carbons (Fsp3) is 0.125. The van der Waals surface area contributed by atoms with E-state index in [1.165, 1.54) is 0 Å². The smallest absolute Gasteiger partial charge is 0.162 e. The van der Waals surface area contributed by atoms with Gasteiger partial charge in [0.15, 0.2) is 5.82 Å². The van der Waals surface area contributed by atoms with E-state index in [1.54, 1.807) is 4.68 Å². The lowest BCUT2D eigenvalue weighted by molar-refractivity contribution is 0.773. The maximum atomic E-state index is 4.21. The standard InChI is InChI=1S/C16H13N7/c1-3-7-12(8-4-1)16-14(17-20-19-16)11-15-18-21-22-23(15)13-9-5-2-6-10-13/h1-10,16H,11H2. The summed E-state index contributed by atoms with van der Waals surface area (Å²) < 4.78 is 1.71. The molecule has 2 aromatic carbocycles. The molecule has 0 saturated heterocycles. The molecule has 4 rings (SSSR count). The van der Waals surface area contributed by atoms with Crippen LogP contribution in [0.1, 0.15) is 17.4 Å². The summed E-state index contributed by atoms with van der Waals surface area (Å²) in [5.41, 5.74) is 2.81. The second-order valence-electron chi connectivity index (χ2n) is 5.13. The van der Waals surface area contributed by atoms with Crippen molar-refractivity contribution in [2.75, 3.05) is 0 Å². The second-order valence-corrected chi connectivity index (χ2v) is 5.13. The van der Waals surface area contributed by atoms with Crippen molar-refractivity contribution in [2.45, 2.75) is 12.5 Å². The van der Waals surface area contributed by atoms with Crippen LogP contribution in [0.15, 0.2) is 76.1 Å². The molecular weight excluding hydrogens is 290 g/mol. The molecule has 0 aliphatic carbocycles. The van der Waals surface area contributed by atoms with Crippen molar-refractivity contribution in [3.63, 3.8) is 0 Å². The Morgan fingerprint density at radius 2 is 1.65 bits per heavy atom. The van der Waals surface area contributed by atoms with E-state index in [0.29, 0.717) is 12.2 Å². The van der Waals surface area contributed by atoms with Crippen LogP contribution < -0.4 is 0 Å². The van der Waals surface area contributed by atoms with E-state index in [1.807, 2.05) is 60.7 Å². The predicted molar refractivity (Wildman–Crippen MR) is 84.3 cm³/mol. The number of aromatic nitrogens is 4. The molecule has 0 radical (unpaired) electrons. The highest BCUT2D eigenvalue weighted by Gasteiger charge is 2.24. The van der Waals surface area contributed by atoms with Gasteiger partial charge in [-0.3, -0.25) is 0 Å². The van der Waals surface area contributed by atoms with Crippen LogP contribution in [0.4, 0.5) is 0 Å². The molecule has 3 aromatic rings. The number of hydrogen-bond acceptors (Lipinski definition) is 6. The highest BCUT2D eigenvalue weighted by atomic mass is 15.5. The molecule has 0 N–H and O–H groups in total. The average molecular weight is 303 g/mol. The highest BCUT2D eigenvalue weighted by Crippen LogP contribution is 2.25. The van der Waals surface area contributed by atoms with Crippen molar-refractivity contribution < 1.29 is 0 Å². The van der Waals surface area contributed by atoms with Gasteiger partial charge in [0.2, 0.25) is 0 Å². The molecule has 7 nitrogen and oxygen atoms in total. The Labute approximate surface area is 132 Å². The first-order chi connectivity index (χ1) is 11.4. The third-order valence-corrected chi connectivity index (χ3v) is 3.65. The minimum absolute atomic E-state index is 0.169. The van der Waals surface area contributed by atoms with Gasteiger partial charge in [-0.05, 0) is 33.3 Å². The summed E-state index contributed by atoms with van der Waals surface area (Å²) in [6, 6.07) is 19.6. The number of para-hydroxylation sites is 1. The molecule has 1 atom stereocenters. The predicted octanol–water partition coefficient (Wildman–Crippen LogP) is 2.77. The molecule has 1 aromatic heterocycles. The molecule has 0 spiro atoms. The van der Waals surface area contributed by atoms with Crippen LogP contribution in [0.3, 0.4) is 0 Å². The summed E-state index contributed by atoms with van der Waals surface area (Å²) in [6.07, 6.45) is 0.494. The van der Waals surface area contributed by atoms with Crippen molar-refractivity contribution in [3.05, 3.63) is 72.1 Å². The SMILES string of the molecule is c1ccc(C2N=NN=C2Cc2nnnn2-c2ccccc2)cc1. The first-order valence-electron chi connectivity index (χ1n) is 7.26. The molecule has 23 heavy (non-hydrogen) atoms. The van der Waals surface area contributed by atoms with Gasteiger partial charge in [-0.15, -0.1) is 10.2 Å². The second kappa shape index (κ2) is 5.88. The van der Waals surface area contributed by atoms with E-state index in [4.69, 9.17) is 0 Å². The van der Waals surface area contributed by atoms with Crippen molar-refractivity contribution in [1.82, 2.24) is 20.2 Å². The van der Waals surface area contributed by atoms with Gasteiger partial charge >= 0.3 is 0 Å². The summed E-state index contributed by atoms with van der Waals surface area (Å²) in [5, 5.41) is 24.2. The van der Waals surface area contributed by atoms with Crippen LogP contribution in [-0.4, -0.2) is 25.9 Å². The van der Waals surface area contributed by atoms with Crippen molar-refractivity contribution >= 4 is 5.71 Å². The van der Waals surface area contributed by atoms with E-state index in [9.17, 15) is 0 Å². The van der Waals surface area contributed by atoms with E-state index in [0.717, 1.165) is 17.0 Å². The third kappa shape index (κ3) is 2.64. The van der Waals surface area contributed by atoms with Gasteiger partial charge in [0.05, 0.1) is 17.8 Å². The van der Waals surface area contributed by atoms with Gasteiger partial charge in [0, 0.05) is 0 Å². The quantitative estimate of drug-likeness (QED) is 0.743. The Balaban J connectivity index is 1.61. The van der Waals surface area contributed by atoms with Crippen molar-refractivity contribution in [1.29, 1.82) is 0 Å².